The van der Waals surface area contributed by atoms with E-state index in [0.717, 1.165) is 42.1 Å². The number of piperidine rings is 1. The highest BCUT2D eigenvalue weighted by atomic mass is 35.5. The zero-order valence-corrected chi connectivity index (χ0v) is 15.8. The third-order valence-electron chi connectivity index (χ3n) is 6.58. The number of carbonyl (C=O) groups is 1. The standard InChI is InChI=1S/C19H25ClN4O2/c1-19(2,11-6-13-3-4-14(7-11)24(13)18(21)26)17(25)15-8-12(20)5-10-9-22-23-16(10)15/h5,8-9,11,13-14,17,25H,3-4,6-7H2,1-2H3,(H2,21,26)(H,22,23)/t11?,13-,14+,17?. The van der Waals surface area contributed by atoms with Crippen LogP contribution in [0, 0.1) is 11.3 Å². The van der Waals surface area contributed by atoms with Crippen molar-refractivity contribution in [1.82, 2.24) is 15.1 Å². The van der Waals surface area contributed by atoms with Gasteiger partial charge in [0.1, 0.15) is 0 Å². The number of urea groups is 1. The normalized spacial score (nSPS) is 27.1. The van der Waals surface area contributed by atoms with Crippen molar-refractivity contribution < 1.29 is 9.90 Å². The molecule has 4 N–H and O–H groups in total. The molecule has 2 amide bonds. The Hall–Kier alpha value is -1.79. The first kappa shape index (κ1) is 17.6. The Balaban J connectivity index is 1.64. The molecule has 1 aromatic carbocycles. The number of benzene rings is 1. The van der Waals surface area contributed by atoms with E-state index in [2.05, 4.69) is 24.0 Å². The van der Waals surface area contributed by atoms with Gasteiger partial charge in [0.05, 0.1) is 17.8 Å². The minimum atomic E-state index is -0.686. The summed E-state index contributed by atoms with van der Waals surface area (Å²) in [7, 11) is 0. The minimum Gasteiger partial charge on any atom is -0.388 e. The molecule has 4 atom stereocenters. The second-order valence-corrected chi connectivity index (χ2v) is 8.79. The zero-order chi connectivity index (χ0) is 18.6. The third kappa shape index (κ3) is 2.67. The number of carbonyl (C=O) groups excluding carboxylic acids is 1. The van der Waals surface area contributed by atoms with Crippen LogP contribution in [0.5, 0.6) is 0 Å². The van der Waals surface area contributed by atoms with Crippen molar-refractivity contribution in [2.24, 2.45) is 17.1 Å². The van der Waals surface area contributed by atoms with Crippen LogP contribution in [0.4, 0.5) is 4.79 Å². The molecule has 0 saturated carbocycles. The summed E-state index contributed by atoms with van der Waals surface area (Å²) in [5, 5.41) is 19.9. The van der Waals surface area contributed by atoms with Gasteiger partial charge in [0.15, 0.2) is 0 Å². The maximum Gasteiger partial charge on any atom is 0.315 e. The van der Waals surface area contributed by atoms with Crippen molar-refractivity contribution in [2.45, 2.75) is 57.7 Å². The molecule has 2 aliphatic rings. The van der Waals surface area contributed by atoms with Crippen molar-refractivity contribution in [3.8, 4) is 0 Å². The Labute approximate surface area is 157 Å². The highest BCUT2D eigenvalue weighted by Gasteiger charge is 2.49. The van der Waals surface area contributed by atoms with Crippen LogP contribution in [-0.2, 0) is 0 Å². The first-order valence-electron chi connectivity index (χ1n) is 9.17. The van der Waals surface area contributed by atoms with Gasteiger partial charge in [-0.05, 0) is 49.1 Å². The number of hydrogen-bond acceptors (Lipinski definition) is 3. The van der Waals surface area contributed by atoms with E-state index >= 15 is 0 Å². The highest BCUT2D eigenvalue weighted by Crippen LogP contribution is 2.51. The number of amides is 2. The summed E-state index contributed by atoms with van der Waals surface area (Å²) in [5.41, 5.74) is 6.81. The lowest BCUT2D eigenvalue weighted by Gasteiger charge is -2.46. The Morgan fingerprint density at radius 1 is 1.38 bits per heavy atom. The molecule has 7 heteroatoms. The Bertz CT molecular complexity index is 835. The van der Waals surface area contributed by atoms with E-state index in [9.17, 15) is 9.90 Å². The first-order chi connectivity index (χ1) is 12.3. The van der Waals surface area contributed by atoms with Gasteiger partial charge in [-0.3, -0.25) is 5.10 Å². The van der Waals surface area contributed by atoms with Crippen molar-refractivity contribution in [2.75, 3.05) is 0 Å². The van der Waals surface area contributed by atoms with Crippen LogP contribution in [0.25, 0.3) is 10.9 Å². The number of H-pyrrole nitrogens is 1. The number of aromatic amines is 1. The quantitative estimate of drug-likeness (QED) is 0.763. The fraction of sp³-hybridized carbons (Fsp3) is 0.579. The number of nitrogens with two attached hydrogens (primary N) is 1. The van der Waals surface area contributed by atoms with E-state index in [0.29, 0.717) is 10.9 Å². The number of halogens is 1. The second kappa shape index (κ2) is 6.13. The van der Waals surface area contributed by atoms with Gasteiger partial charge in [-0.1, -0.05) is 25.4 Å². The molecule has 2 fully saturated rings. The monoisotopic (exact) mass is 376 g/mol. The molecule has 0 radical (unpaired) electrons. The van der Waals surface area contributed by atoms with Crippen LogP contribution in [0.3, 0.4) is 0 Å². The maximum atomic E-state index is 11.8. The molecule has 140 valence electrons. The number of rotatable bonds is 3. The van der Waals surface area contributed by atoms with E-state index in [1.165, 1.54) is 0 Å². The summed E-state index contributed by atoms with van der Waals surface area (Å²) in [5.74, 6) is 0.294. The predicted molar refractivity (Wildman–Crippen MR) is 101 cm³/mol. The lowest BCUT2D eigenvalue weighted by molar-refractivity contribution is -0.0270. The summed E-state index contributed by atoms with van der Waals surface area (Å²) in [6.07, 6.45) is 4.77. The highest BCUT2D eigenvalue weighted by molar-refractivity contribution is 6.31. The third-order valence-corrected chi connectivity index (χ3v) is 6.80. The second-order valence-electron chi connectivity index (χ2n) is 8.35. The molecule has 2 aromatic rings. The molecular weight excluding hydrogens is 352 g/mol. The molecule has 0 spiro atoms. The van der Waals surface area contributed by atoms with E-state index in [4.69, 9.17) is 17.3 Å². The molecule has 26 heavy (non-hydrogen) atoms. The first-order valence-corrected chi connectivity index (χ1v) is 9.55. The number of nitrogens with one attached hydrogen (secondary N) is 1. The molecule has 2 bridgehead atoms. The van der Waals surface area contributed by atoms with Crippen LogP contribution in [0.15, 0.2) is 18.3 Å². The van der Waals surface area contributed by atoms with Gasteiger partial charge >= 0.3 is 6.03 Å². The fourth-order valence-electron chi connectivity index (χ4n) is 5.03. The SMILES string of the molecule is CC(C)(C1C[C@H]2CC[C@@H](C1)N2C(N)=O)C(O)c1cc(Cl)cc2cn[nH]c12. The van der Waals surface area contributed by atoms with E-state index < -0.39 is 6.10 Å². The lowest BCUT2D eigenvalue weighted by Crippen LogP contribution is -2.51. The number of aliphatic hydroxyl groups is 1. The van der Waals surface area contributed by atoms with Crippen molar-refractivity contribution >= 4 is 28.5 Å². The molecule has 0 aliphatic carbocycles. The summed E-state index contributed by atoms with van der Waals surface area (Å²) in [6.45, 7) is 4.20. The van der Waals surface area contributed by atoms with Gasteiger partial charge in [0.25, 0.3) is 0 Å². The molecule has 6 nitrogen and oxygen atoms in total. The molecule has 2 aliphatic heterocycles. The Morgan fingerprint density at radius 3 is 2.65 bits per heavy atom. The van der Waals surface area contributed by atoms with Gasteiger partial charge < -0.3 is 15.7 Å². The van der Waals surface area contributed by atoms with Crippen LogP contribution in [-0.4, -0.2) is 38.3 Å². The largest absolute Gasteiger partial charge is 0.388 e. The average molecular weight is 377 g/mol. The molecule has 2 unspecified atom stereocenters. The average Bonchev–Trinajstić information content (AvgIpc) is 3.15. The smallest absolute Gasteiger partial charge is 0.315 e. The molecule has 3 heterocycles. The van der Waals surface area contributed by atoms with Gasteiger partial charge in [0, 0.05) is 28.1 Å². The zero-order valence-electron chi connectivity index (χ0n) is 15.1. The van der Waals surface area contributed by atoms with Gasteiger partial charge in [-0.15, -0.1) is 0 Å². The number of hydrogen-bond donors (Lipinski definition) is 3. The molecule has 1 aromatic heterocycles. The Morgan fingerprint density at radius 2 is 2.04 bits per heavy atom. The summed E-state index contributed by atoms with van der Waals surface area (Å²) in [6, 6.07) is 3.73. The van der Waals surface area contributed by atoms with Gasteiger partial charge in [-0.2, -0.15) is 5.10 Å². The maximum absolute atomic E-state index is 11.8. The summed E-state index contributed by atoms with van der Waals surface area (Å²) in [4.78, 5) is 13.6. The molecular formula is C19H25ClN4O2. The van der Waals surface area contributed by atoms with Crippen molar-refractivity contribution in [1.29, 1.82) is 0 Å². The number of aliphatic hydroxyl groups excluding tert-OH is 1. The van der Waals surface area contributed by atoms with Crippen LogP contribution in [0.1, 0.15) is 51.2 Å². The lowest BCUT2D eigenvalue weighted by atomic mass is 9.67. The van der Waals surface area contributed by atoms with Crippen LogP contribution >= 0.6 is 11.6 Å². The molecule has 4 rings (SSSR count). The Kier molecular flexibility index (Phi) is 4.15. The number of fused-ring (bicyclic) bond motifs is 3. The van der Waals surface area contributed by atoms with Gasteiger partial charge in [-0.25, -0.2) is 4.79 Å². The van der Waals surface area contributed by atoms with E-state index in [1.807, 2.05) is 17.0 Å². The van der Waals surface area contributed by atoms with E-state index in [1.54, 1.807) is 6.20 Å². The van der Waals surface area contributed by atoms with Crippen molar-refractivity contribution in [3.63, 3.8) is 0 Å². The van der Waals surface area contributed by atoms with Crippen LogP contribution in [0.2, 0.25) is 5.02 Å². The summed E-state index contributed by atoms with van der Waals surface area (Å²) < 4.78 is 0. The predicted octanol–water partition coefficient (Wildman–Crippen LogP) is 3.60. The topological polar surface area (TPSA) is 95.2 Å². The van der Waals surface area contributed by atoms with E-state index in [-0.39, 0.29) is 23.5 Å². The fourth-order valence-corrected chi connectivity index (χ4v) is 5.27. The van der Waals surface area contributed by atoms with Crippen LogP contribution < -0.4 is 5.73 Å². The summed E-state index contributed by atoms with van der Waals surface area (Å²) >= 11 is 6.26. The molecule has 2 saturated heterocycles. The number of primary amides is 1. The number of aromatic nitrogens is 2. The van der Waals surface area contributed by atoms with Gasteiger partial charge in [0.2, 0.25) is 0 Å². The number of nitrogens with zero attached hydrogens (tertiary/aromatic N) is 2. The van der Waals surface area contributed by atoms with Crippen molar-refractivity contribution in [3.05, 3.63) is 28.9 Å². The minimum absolute atomic E-state index is 0.189.